The maximum Gasteiger partial charge on any atom is 0.200 e. The van der Waals surface area contributed by atoms with Crippen molar-refractivity contribution in [3.63, 3.8) is 0 Å². The van der Waals surface area contributed by atoms with E-state index in [1.807, 2.05) is 67.0 Å². The molecule has 0 saturated heterocycles. The van der Waals surface area contributed by atoms with Crippen molar-refractivity contribution < 1.29 is 4.42 Å². The number of benzene rings is 5. The normalized spacial score (nSPS) is 12.0. The van der Waals surface area contributed by atoms with Crippen LogP contribution in [0.2, 0.25) is 0 Å². The van der Waals surface area contributed by atoms with Gasteiger partial charge in [-0.25, -0.2) is 0 Å². The van der Waals surface area contributed by atoms with E-state index in [1.165, 1.54) is 10.8 Å². The van der Waals surface area contributed by atoms with E-state index in [9.17, 15) is 4.79 Å². The third-order valence-corrected chi connectivity index (χ3v) is 8.19. The van der Waals surface area contributed by atoms with E-state index >= 15 is 0 Å². The zero-order valence-corrected chi connectivity index (χ0v) is 21.8. The first-order valence-electron chi connectivity index (χ1n) is 13.6. The molecule has 0 aliphatic heterocycles. The molecule has 0 atom stereocenters. The van der Waals surface area contributed by atoms with Gasteiger partial charge in [0.15, 0.2) is 0 Å². The minimum absolute atomic E-state index is 0.0327. The second kappa shape index (κ2) is 8.16. The molecule has 0 saturated carbocycles. The Kier molecular flexibility index (Phi) is 4.41. The minimum Gasteiger partial charge on any atom is -0.456 e. The van der Waals surface area contributed by atoms with Gasteiger partial charge in [0.1, 0.15) is 11.2 Å². The summed E-state index contributed by atoms with van der Waals surface area (Å²) < 4.78 is 10.7. The Labute approximate surface area is 233 Å². The number of rotatable bonds is 2. The van der Waals surface area contributed by atoms with Gasteiger partial charge in [0.2, 0.25) is 5.43 Å². The predicted molar refractivity (Wildman–Crippen MR) is 166 cm³/mol. The van der Waals surface area contributed by atoms with Crippen LogP contribution in [0.1, 0.15) is 0 Å². The number of hydrogen-bond donors (Lipinski definition) is 0. The average molecular weight is 528 g/mol. The van der Waals surface area contributed by atoms with Crippen molar-refractivity contribution in [2.75, 3.05) is 0 Å². The molecule has 0 spiro atoms. The molecular formula is C36H21N3O2. The minimum atomic E-state index is -0.0327. The summed E-state index contributed by atoms with van der Waals surface area (Å²) in [5.41, 5.74) is 7.45. The summed E-state index contributed by atoms with van der Waals surface area (Å²) in [5.74, 6) is 0. The van der Waals surface area contributed by atoms with Gasteiger partial charge in [-0.3, -0.25) is 9.78 Å². The van der Waals surface area contributed by atoms with Crippen LogP contribution in [0.25, 0.3) is 76.9 Å². The van der Waals surface area contributed by atoms with Gasteiger partial charge in [-0.2, -0.15) is 0 Å². The molecule has 5 heteroatoms. The molecule has 5 aromatic carbocycles. The lowest BCUT2D eigenvalue weighted by atomic mass is 10.1. The van der Waals surface area contributed by atoms with Crippen LogP contribution in [0.4, 0.5) is 0 Å². The molecule has 9 aromatic rings. The van der Waals surface area contributed by atoms with Crippen LogP contribution in [0.5, 0.6) is 0 Å². The largest absolute Gasteiger partial charge is 0.456 e. The second-order valence-corrected chi connectivity index (χ2v) is 10.4. The van der Waals surface area contributed by atoms with Crippen LogP contribution >= 0.6 is 0 Å². The first kappa shape index (κ1) is 22.2. The number of para-hydroxylation sites is 3. The fourth-order valence-electron chi connectivity index (χ4n) is 6.44. The Morgan fingerprint density at radius 1 is 0.512 bits per heavy atom. The van der Waals surface area contributed by atoms with Gasteiger partial charge in [0, 0.05) is 45.3 Å². The number of aromatic nitrogens is 3. The van der Waals surface area contributed by atoms with Gasteiger partial charge in [-0.1, -0.05) is 60.7 Å². The molecule has 41 heavy (non-hydrogen) atoms. The van der Waals surface area contributed by atoms with Crippen LogP contribution in [-0.2, 0) is 0 Å². The zero-order valence-electron chi connectivity index (χ0n) is 21.8. The Balaban J connectivity index is 1.49. The first-order valence-corrected chi connectivity index (χ1v) is 13.6. The summed E-state index contributed by atoms with van der Waals surface area (Å²) in [5, 5.41) is 5.65. The molecule has 0 radical (unpaired) electrons. The van der Waals surface area contributed by atoms with Crippen molar-refractivity contribution in [1.82, 2.24) is 14.1 Å². The summed E-state index contributed by atoms with van der Waals surface area (Å²) in [6, 6.07) is 38.8. The monoisotopic (exact) mass is 527 g/mol. The molecule has 5 nitrogen and oxygen atoms in total. The Morgan fingerprint density at radius 3 is 2.02 bits per heavy atom. The number of nitrogens with zero attached hydrogens (tertiary/aromatic N) is 3. The van der Waals surface area contributed by atoms with Crippen molar-refractivity contribution in [3.8, 4) is 11.4 Å². The van der Waals surface area contributed by atoms with E-state index < -0.39 is 0 Å². The lowest BCUT2D eigenvalue weighted by Gasteiger charge is -2.13. The van der Waals surface area contributed by atoms with Gasteiger partial charge in [-0.05, 0) is 54.6 Å². The summed E-state index contributed by atoms with van der Waals surface area (Å²) in [6.45, 7) is 0. The highest BCUT2D eigenvalue weighted by molar-refractivity contribution is 6.23. The van der Waals surface area contributed by atoms with Gasteiger partial charge in [0.05, 0.1) is 32.8 Å². The molecule has 0 unspecified atom stereocenters. The fraction of sp³-hybridized carbons (Fsp3) is 0. The number of hydrogen-bond acceptors (Lipinski definition) is 3. The fourth-order valence-corrected chi connectivity index (χ4v) is 6.44. The topological polar surface area (TPSA) is 53.0 Å². The highest BCUT2D eigenvalue weighted by atomic mass is 16.3. The highest BCUT2D eigenvalue weighted by Crippen LogP contribution is 2.41. The van der Waals surface area contributed by atoms with Crippen LogP contribution in [0, 0.1) is 0 Å². The Hall–Kier alpha value is -5.68. The van der Waals surface area contributed by atoms with Gasteiger partial charge in [0.25, 0.3) is 0 Å². The van der Waals surface area contributed by atoms with E-state index in [2.05, 4.69) is 74.8 Å². The van der Waals surface area contributed by atoms with E-state index in [-0.39, 0.29) is 5.43 Å². The van der Waals surface area contributed by atoms with Crippen LogP contribution in [-0.4, -0.2) is 14.1 Å². The molecule has 192 valence electrons. The third-order valence-electron chi connectivity index (χ3n) is 8.19. The lowest BCUT2D eigenvalue weighted by molar-refractivity contribution is 0.660. The molecule has 0 fully saturated rings. The lowest BCUT2D eigenvalue weighted by Crippen LogP contribution is -2.04. The maximum absolute atomic E-state index is 13.6. The maximum atomic E-state index is 13.6. The van der Waals surface area contributed by atoms with Crippen LogP contribution in [0.15, 0.2) is 137 Å². The predicted octanol–water partition coefficient (Wildman–Crippen LogP) is 8.54. The summed E-state index contributed by atoms with van der Waals surface area (Å²) in [4.78, 5) is 18.1. The molecule has 0 aliphatic carbocycles. The van der Waals surface area contributed by atoms with Gasteiger partial charge >= 0.3 is 0 Å². The van der Waals surface area contributed by atoms with Crippen LogP contribution < -0.4 is 5.43 Å². The SMILES string of the molecule is O=c1c2ccccc2oc2ccc(-n3c4ccncc4c4ccc5c6ccccc6n(-c6ccccc6)c5c43)cc12. The molecule has 4 heterocycles. The molecule has 0 aliphatic rings. The van der Waals surface area contributed by atoms with E-state index in [1.54, 1.807) is 0 Å². The Bertz CT molecular complexity index is 2550. The van der Waals surface area contributed by atoms with Crippen molar-refractivity contribution in [2.45, 2.75) is 0 Å². The Morgan fingerprint density at radius 2 is 1.17 bits per heavy atom. The quantitative estimate of drug-likeness (QED) is 0.212. The van der Waals surface area contributed by atoms with Crippen molar-refractivity contribution >= 4 is 65.6 Å². The van der Waals surface area contributed by atoms with Gasteiger partial charge < -0.3 is 13.6 Å². The molecule has 4 aromatic heterocycles. The van der Waals surface area contributed by atoms with Crippen molar-refractivity contribution in [3.05, 3.63) is 138 Å². The molecule has 0 N–H and O–H groups in total. The first-order chi connectivity index (χ1) is 20.3. The third kappa shape index (κ3) is 3.00. The van der Waals surface area contributed by atoms with E-state index in [0.29, 0.717) is 21.9 Å². The number of pyridine rings is 1. The smallest absolute Gasteiger partial charge is 0.200 e. The number of fused-ring (bicyclic) bond motifs is 9. The van der Waals surface area contributed by atoms with Gasteiger partial charge in [-0.15, -0.1) is 0 Å². The molecule has 0 amide bonds. The highest BCUT2D eigenvalue weighted by Gasteiger charge is 2.21. The molecular weight excluding hydrogens is 506 g/mol. The standard InChI is InChI=1S/C36H21N3O2/c40-36-27-11-5-7-13-32(27)41-33-17-14-23(20-28(33)36)39-31-18-19-37-21-29(31)26-16-15-25-24-10-4-6-12-30(24)38(34(25)35(26)39)22-8-2-1-3-9-22/h1-21H. The van der Waals surface area contributed by atoms with E-state index in [4.69, 9.17) is 4.42 Å². The summed E-state index contributed by atoms with van der Waals surface area (Å²) >= 11 is 0. The molecule has 9 rings (SSSR count). The average Bonchev–Trinajstić information content (AvgIpc) is 3.55. The molecule has 0 bridgehead atoms. The summed E-state index contributed by atoms with van der Waals surface area (Å²) in [6.07, 6.45) is 3.75. The summed E-state index contributed by atoms with van der Waals surface area (Å²) in [7, 11) is 0. The van der Waals surface area contributed by atoms with Crippen molar-refractivity contribution in [1.29, 1.82) is 0 Å². The van der Waals surface area contributed by atoms with E-state index in [0.717, 1.165) is 44.2 Å². The zero-order chi connectivity index (χ0) is 27.1. The second-order valence-electron chi connectivity index (χ2n) is 10.4. The van der Waals surface area contributed by atoms with Crippen molar-refractivity contribution in [2.24, 2.45) is 0 Å². The van der Waals surface area contributed by atoms with Crippen LogP contribution in [0.3, 0.4) is 0 Å².